The van der Waals surface area contributed by atoms with Gasteiger partial charge >= 0.3 is 38.5 Å². The van der Waals surface area contributed by atoms with Gasteiger partial charge in [0.15, 0.2) is 0 Å². The molecular weight excluding hydrogens is 315 g/mol. The van der Waals surface area contributed by atoms with E-state index >= 15 is 0 Å². The van der Waals surface area contributed by atoms with Crippen molar-refractivity contribution in [3.8, 4) is 0 Å². The largest absolute Gasteiger partial charge is 1.00 e. The summed E-state index contributed by atoms with van der Waals surface area (Å²) in [6.45, 7) is 8.66. The van der Waals surface area contributed by atoms with Gasteiger partial charge in [0, 0.05) is 0 Å². The summed E-state index contributed by atoms with van der Waals surface area (Å²) >= 11 is 2.27. The summed E-state index contributed by atoms with van der Waals surface area (Å²) in [5.74, 6) is 0. The second-order valence-corrected chi connectivity index (χ2v) is 10.6. The maximum Gasteiger partial charge on any atom is -1.00 e. The Bertz CT molecular complexity index is 304. The Hall–Kier alpha value is 0.471. The second kappa shape index (κ2) is 15.5. The summed E-state index contributed by atoms with van der Waals surface area (Å²) in [6, 6.07) is 0. The van der Waals surface area contributed by atoms with Crippen LogP contribution in [0.2, 0.25) is 13.1 Å². The first-order chi connectivity index (χ1) is 7.52. The van der Waals surface area contributed by atoms with Crippen LogP contribution >= 0.6 is 0 Å². The van der Waals surface area contributed by atoms with Crippen molar-refractivity contribution in [3.05, 3.63) is 47.6 Å². The van der Waals surface area contributed by atoms with E-state index in [4.69, 9.17) is 0 Å². The van der Waals surface area contributed by atoms with Crippen LogP contribution in [0.4, 0.5) is 0 Å². The number of halogens is 2. The van der Waals surface area contributed by atoms with Gasteiger partial charge in [0.1, 0.15) is 0 Å². The molecule has 0 aromatic heterocycles. The van der Waals surface area contributed by atoms with Crippen molar-refractivity contribution < 1.29 is 44.0 Å². The molecule has 0 aromatic carbocycles. The molecule has 0 radical (unpaired) electrons. The summed E-state index contributed by atoms with van der Waals surface area (Å²) in [7, 11) is 0. The van der Waals surface area contributed by atoms with Crippen LogP contribution < -0.4 is 24.8 Å². The number of hydrogen-bond acceptors (Lipinski definition) is 0. The molecule has 0 nitrogen and oxygen atoms in total. The summed E-state index contributed by atoms with van der Waals surface area (Å²) in [5.41, 5.74) is 2.55. The quantitative estimate of drug-likeness (QED) is 0.362. The molecule has 100 valence electrons. The van der Waals surface area contributed by atoms with Gasteiger partial charge in [0.2, 0.25) is 0 Å². The fraction of sp³-hybridized carbons (Fsp3) is 0.429. The summed E-state index contributed by atoms with van der Waals surface area (Å²) in [4.78, 5) is 0. The molecule has 0 saturated heterocycles. The van der Waals surface area contributed by atoms with E-state index in [9.17, 15) is 0 Å². The average Bonchev–Trinajstić information content (AvgIpc) is 2.78. The predicted molar refractivity (Wildman–Crippen MR) is 69.9 cm³/mol. The first-order valence-electron chi connectivity index (χ1n) is 5.52. The fourth-order valence-electron chi connectivity index (χ4n) is 1.03. The topological polar surface area (TPSA) is 0 Å². The molecule has 18 heavy (non-hydrogen) atoms. The Balaban J connectivity index is -0.000000182. The van der Waals surface area contributed by atoms with Gasteiger partial charge in [0.25, 0.3) is 0 Å². The molecule has 0 fully saturated rings. The number of rotatable bonds is 0. The van der Waals surface area contributed by atoms with Gasteiger partial charge in [-0.2, -0.15) is 12.2 Å². The third-order valence-corrected chi connectivity index (χ3v) is 1.73. The van der Waals surface area contributed by atoms with Gasteiger partial charge in [-0.25, -0.2) is 23.3 Å². The molecule has 0 bridgehead atoms. The monoisotopic (exact) mass is 334 g/mol. The van der Waals surface area contributed by atoms with Crippen LogP contribution in [-0.4, -0.2) is 6.19 Å². The Labute approximate surface area is 137 Å². The molecule has 0 saturated carbocycles. The molecule has 0 N–H and O–H groups in total. The number of hydrogen-bond donors (Lipinski definition) is 0. The average molecular weight is 335 g/mol. The molecule has 0 aliphatic heterocycles. The standard InChI is InChI=1S/2C6H7.C2H6Si.2ClH.Ti/c2*1-6-4-2-3-5-6;1-3-2;;;/h2*2,4H,3H2,1H3;1-2H3;2*1H;/q2*-1;;;;+2/p-2. The van der Waals surface area contributed by atoms with Gasteiger partial charge in [-0.1, -0.05) is 13.8 Å². The van der Waals surface area contributed by atoms with Crippen LogP contribution in [0, 0.1) is 12.2 Å². The third-order valence-electron chi connectivity index (χ3n) is 1.73. The minimum atomic E-state index is 0. The second-order valence-electron chi connectivity index (χ2n) is 3.93. The Morgan fingerprint density at radius 1 is 0.944 bits per heavy atom. The molecule has 2 aliphatic rings. The van der Waals surface area contributed by atoms with Crippen molar-refractivity contribution in [2.75, 3.05) is 0 Å². The molecule has 0 unspecified atom stereocenters. The first-order valence-corrected chi connectivity index (χ1v) is 10.4. The van der Waals surface area contributed by atoms with Crippen molar-refractivity contribution in [1.82, 2.24) is 0 Å². The molecule has 0 spiro atoms. The van der Waals surface area contributed by atoms with Crippen LogP contribution in [0.3, 0.4) is 0 Å². The van der Waals surface area contributed by atoms with Crippen LogP contribution in [0.5, 0.6) is 0 Å². The van der Waals surface area contributed by atoms with Crippen molar-refractivity contribution in [3.63, 3.8) is 0 Å². The van der Waals surface area contributed by atoms with Crippen LogP contribution in [0.1, 0.15) is 26.7 Å². The number of allylic oxidation sites excluding steroid dienone is 8. The minimum absolute atomic E-state index is 0. The van der Waals surface area contributed by atoms with E-state index in [1.807, 2.05) is 0 Å². The zero-order valence-corrected chi connectivity index (χ0v) is 15.6. The maximum absolute atomic E-state index is 3.12. The van der Waals surface area contributed by atoms with Crippen LogP contribution in [-0.2, 0) is 19.2 Å². The fourth-order valence-corrected chi connectivity index (χ4v) is 1.03. The zero-order chi connectivity index (χ0) is 12.4. The van der Waals surface area contributed by atoms with E-state index in [1.54, 1.807) is 0 Å². The molecule has 2 rings (SSSR count). The molecule has 0 heterocycles. The van der Waals surface area contributed by atoms with E-state index < -0.39 is 0 Å². The van der Waals surface area contributed by atoms with E-state index in [2.05, 4.69) is 82.6 Å². The zero-order valence-electron chi connectivity index (χ0n) is 11.5. The van der Waals surface area contributed by atoms with Gasteiger partial charge in [-0.05, 0) is 0 Å². The molecule has 2 aliphatic carbocycles. The summed E-state index contributed by atoms with van der Waals surface area (Å²) < 4.78 is 0. The van der Waals surface area contributed by atoms with Crippen LogP contribution in [0.25, 0.3) is 0 Å². The minimum Gasteiger partial charge on any atom is -1.00 e. The van der Waals surface area contributed by atoms with E-state index in [0.29, 0.717) is 0 Å². The molecular formula is C14H20Cl2SiTi-2. The first kappa shape index (κ1) is 23.6. The van der Waals surface area contributed by atoms with Gasteiger partial charge in [-0.3, -0.25) is 12.2 Å². The Kier molecular flexibility index (Phi) is 20.3. The Morgan fingerprint density at radius 2 is 1.22 bits per heavy atom. The SMILES string of the molecule is CC1=[C-]CC=C1.CC1=[C-]CC=C1.C[Si](C)=[Ti+2].[Cl-].[Cl-]. The van der Waals surface area contributed by atoms with E-state index in [1.165, 1.54) is 11.1 Å². The Morgan fingerprint density at radius 3 is 1.28 bits per heavy atom. The molecule has 0 amide bonds. The van der Waals surface area contributed by atoms with Gasteiger partial charge in [0.05, 0.1) is 0 Å². The predicted octanol–water partition coefficient (Wildman–Crippen LogP) is -1.82. The van der Waals surface area contributed by atoms with Crippen LogP contribution in [0.15, 0.2) is 35.5 Å². The summed E-state index contributed by atoms with van der Waals surface area (Å²) in [5, 5.41) is 0. The smallest absolute Gasteiger partial charge is 1.00 e. The third kappa shape index (κ3) is 18.8. The van der Waals surface area contributed by atoms with Gasteiger partial charge < -0.3 is 24.8 Å². The van der Waals surface area contributed by atoms with Crippen molar-refractivity contribution in [2.45, 2.75) is 39.8 Å². The maximum atomic E-state index is 3.12. The van der Waals surface area contributed by atoms with Gasteiger partial charge in [-0.15, -0.1) is 12.8 Å². The van der Waals surface area contributed by atoms with E-state index in [-0.39, 0.29) is 31.0 Å². The summed E-state index contributed by atoms with van der Waals surface area (Å²) in [6.07, 6.45) is 16.8. The molecule has 0 aromatic rings. The van der Waals surface area contributed by atoms with Crippen molar-refractivity contribution in [1.29, 1.82) is 0 Å². The molecule has 4 heteroatoms. The van der Waals surface area contributed by atoms with E-state index in [0.717, 1.165) is 12.8 Å². The normalized spacial score (nSPS) is 13.9. The van der Waals surface area contributed by atoms with Crippen molar-refractivity contribution in [2.24, 2.45) is 0 Å². The van der Waals surface area contributed by atoms with Crippen molar-refractivity contribution >= 4 is 6.19 Å². The molecule has 0 atom stereocenters.